The van der Waals surface area contributed by atoms with E-state index >= 15 is 0 Å². The quantitative estimate of drug-likeness (QED) is 0.550. The van der Waals surface area contributed by atoms with Gasteiger partial charge in [-0.3, -0.25) is 9.59 Å². The molecule has 16 heavy (non-hydrogen) atoms. The van der Waals surface area contributed by atoms with Gasteiger partial charge in [0, 0.05) is 13.1 Å². The molecule has 0 aliphatic rings. The minimum atomic E-state index is -0.736. The van der Waals surface area contributed by atoms with E-state index in [9.17, 15) is 9.59 Å². The molecule has 5 heteroatoms. The Balaban J connectivity index is 4.51. The fourth-order valence-electron chi connectivity index (χ4n) is 1.11. The summed E-state index contributed by atoms with van der Waals surface area (Å²) in [6.45, 7) is 7.72. The fourth-order valence-corrected chi connectivity index (χ4v) is 1.11. The first-order valence-electron chi connectivity index (χ1n) is 5.13. The molecule has 0 aliphatic carbocycles. The van der Waals surface area contributed by atoms with Crippen molar-refractivity contribution in [3.05, 3.63) is 0 Å². The highest BCUT2D eigenvalue weighted by Crippen LogP contribution is 2.22. The standard InChI is InChI=1S/C11H19N3O2/c1-8(11(2,3)4)14(5)10(16)9(15)13-7-6-12/h8H,7H2,1-5H3,(H,13,15). The van der Waals surface area contributed by atoms with Gasteiger partial charge in [0.1, 0.15) is 6.54 Å². The number of carbonyl (C=O) groups is 2. The zero-order valence-electron chi connectivity index (χ0n) is 10.5. The lowest BCUT2D eigenvalue weighted by Gasteiger charge is -2.34. The topological polar surface area (TPSA) is 73.2 Å². The molecule has 0 saturated heterocycles. The van der Waals surface area contributed by atoms with Crippen molar-refractivity contribution in [2.75, 3.05) is 13.6 Å². The van der Waals surface area contributed by atoms with E-state index in [-0.39, 0.29) is 18.0 Å². The highest BCUT2D eigenvalue weighted by molar-refractivity contribution is 6.35. The first kappa shape index (κ1) is 14.4. The van der Waals surface area contributed by atoms with Crippen molar-refractivity contribution in [2.45, 2.75) is 33.7 Å². The summed E-state index contributed by atoms with van der Waals surface area (Å²) < 4.78 is 0. The van der Waals surface area contributed by atoms with E-state index in [1.165, 1.54) is 4.90 Å². The van der Waals surface area contributed by atoms with Crippen LogP contribution < -0.4 is 5.32 Å². The molecule has 0 aromatic heterocycles. The molecule has 0 rings (SSSR count). The van der Waals surface area contributed by atoms with E-state index in [0.29, 0.717) is 0 Å². The van der Waals surface area contributed by atoms with E-state index in [0.717, 1.165) is 0 Å². The number of rotatable bonds is 2. The van der Waals surface area contributed by atoms with Crippen molar-refractivity contribution in [3.8, 4) is 6.07 Å². The predicted octanol–water partition coefficient (Wildman–Crippen LogP) is 0.519. The summed E-state index contributed by atoms with van der Waals surface area (Å²) >= 11 is 0. The molecule has 90 valence electrons. The summed E-state index contributed by atoms with van der Waals surface area (Å²) in [5.41, 5.74) is -0.0973. The molecular formula is C11H19N3O2. The number of nitrogens with zero attached hydrogens (tertiary/aromatic N) is 2. The van der Waals surface area contributed by atoms with Crippen molar-refractivity contribution < 1.29 is 9.59 Å². The number of nitrogens with one attached hydrogen (secondary N) is 1. The Hall–Kier alpha value is -1.57. The fraction of sp³-hybridized carbons (Fsp3) is 0.727. The first-order valence-corrected chi connectivity index (χ1v) is 5.13. The molecule has 0 aliphatic heterocycles. The monoisotopic (exact) mass is 225 g/mol. The summed E-state index contributed by atoms with van der Waals surface area (Å²) in [4.78, 5) is 24.4. The number of nitriles is 1. The van der Waals surface area contributed by atoms with Gasteiger partial charge in [-0.1, -0.05) is 20.8 Å². The van der Waals surface area contributed by atoms with Gasteiger partial charge in [0.05, 0.1) is 6.07 Å². The highest BCUT2D eigenvalue weighted by Gasteiger charge is 2.29. The third-order valence-electron chi connectivity index (χ3n) is 2.68. The van der Waals surface area contributed by atoms with Crippen LogP contribution >= 0.6 is 0 Å². The normalized spacial score (nSPS) is 12.5. The third kappa shape index (κ3) is 3.89. The van der Waals surface area contributed by atoms with Gasteiger partial charge in [-0.05, 0) is 12.3 Å². The van der Waals surface area contributed by atoms with Gasteiger partial charge in [0.15, 0.2) is 0 Å². The summed E-state index contributed by atoms with van der Waals surface area (Å²) in [5.74, 6) is -1.35. The van der Waals surface area contributed by atoms with Crippen LogP contribution in [0.5, 0.6) is 0 Å². The summed E-state index contributed by atoms with van der Waals surface area (Å²) in [6.07, 6.45) is 0. The van der Waals surface area contributed by atoms with E-state index in [1.807, 2.05) is 27.7 Å². The van der Waals surface area contributed by atoms with Crippen molar-refractivity contribution in [1.82, 2.24) is 10.2 Å². The maximum absolute atomic E-state index is 11.6. The molecule has 1 atom stereocenters. The van der Waals surface area contributed by atoms with Crippen LogP contribution in [0.4, 0.5) is 0 Å². The highest BCUT2D eigenvalue weighted by atomic mass is 16.2. The zero-order chi connectivity index (χ0) is 12.9. The zero-order valence-corrected chi connectivity index (χ0v) is 10.5. The van der Waals surface area contributed by atoms with Gasteiger partial charge in [0.2, 0.25) is 0 Å². The Bertz CT molecular complexity index is 312. The van der Waals surface area contributed by atoms with Gasteiger partial charge in [-0.15, -0.1) is 0 Å². The minimum Gasteiger partial charge on any atom is -0.335 e. The van der Waals surface area contributed by atoms with Crippen LogP contribution in [0.15, 0.2) is 0 Å². The number of amides is 2. The largest absolute Gasteiger partial charge is 0.335 e. The first-order chi connectivity index (χ1) is 7.21. The summed E-state index contributed by atoms with van der Waals surface area (Å²) in [5, 5.41) is 10.5. The van der Waals surface area contributed by atoms with E-state index < -0.39 is 11.8 Å². The molecule has 1 unspecified atom stereocenters. The Kier molecular flexibility index (Phi) is 4.96. The van der Waals surface area contributed by atoms with Crippen LogP contribution in [0.25, 0.3) is 0 Å². The average molecular weight is 225 g/mol. The van der Waals surface area contributed by atoms with Crippen molar-refractivity contribution >= 4 is 11.8 Å². The molecule has 0 bridgehead atoms. The lowest BCUT2D eigenvalue weighted by Crippen LogP contribution is -2.49. The SMILES string of the molecule is CC(N(C)C(=O)C(=O)NCC#N)C(C)(C)C. The summed E-state index contributed by atoms with van der Waals surface area (Å²) in [6, 6.07) is 1.69. The molecular weight excluding hydrogens is 206 g/mol. The van der Waals surface area contributed by atoms with E-state index in [1.54, 1.807) is 13.1 Å². The van der Waals surface area contributed by atoms with Crippen LogP contribution in [0.1, 0.15) is 27.7 Å². The number of likely N-dealkylation sites (N-methyl/N-ethyl adjacent to an activating group) is 1. The third-order valence-corrected chi connectivity index (χ3v) is 2.68. The number of hydrogen-bond acceptors (Lipinski definition) is 3. The maximum atomic E-state index is 11.6. The molecule has 5 nitrogen and oxygen atoms in total. The van der Waals surface area contributed by atoms with Gasteiger partial charge in [0.25, 0.3) is 0 Å². The van der Waals surface area contributed by atoms with Crippen LogP contribution in [0.2, 0.25) is 0 Å². The molecule has 0 aromatic rings. The van der Waals surface area contributed by atoms with Gasteiger partial charge in [-0.25, -0.2) is 0 Å². The molecule has 0 fully saturated rings. The second-order valence-electron chi connectivity index (χ2n) is 4.80. The maximum Gasteiger partial charge on any atom is 0.311 e. The Morgan fingerprint density at radius 2 is 1.94 bits per heavy atom. The van der Waals surface area contributed by atoms with Crippen LogP contribution in [0, 0.1) is 16.7 Å². The lowest BCUT2D eigenvalue weighted by molar-refractivity contribution is -0.147. The average Bonchev–Trinajstić information content (AvgIpc) is 2.21. The predicted molar refractivity (Wildman–Crippen MR) is 60.3 cm³/mol. The van der Waals surface area contributed by atoms with Crippen molar-refractivity contribution in [1.29, 1.82) is 5.26 Å². The minimum absolute atomic E-state index is 0.0622. The number of hydrogen-bond donors (Lipinski definition) is 1. The molecule has 0 heterocycles. The Morgan fingerprint density at radius 3 is 2.31 bits per heavy atom. The smallest absolute Gasteiger partial charge is 0.311 e. The molecule has 0 aromatic carbocycles. The molecule has 0 spiro atoms. The van der Waals surface area contributed by atoms with Gasteiger partial charge >= 0.3 is 11.8 Å². The van der Waals surface area contributed by atoms with Crippen molar-refractivity contribution in [2.24, 2.45) is 5.41 Å². The molecule has 0 saturated carbocycles. The van der Waals surface area contributed by atoms with Crippen LogP contribution in [-0.2, 0) is 9.59 Å². The lowest BCUT2D eigenvalue weighted by atomic mass is 9.87. The van der Waals surface area contributed by atoms with Crippen LogP contribution in [-0.4, -0.2) is 36.3 Å². The van der Waals surface area contributed by atoms with Gasteiger partial charge in [-0.2, -0.15) is 5.26 Å². The second-order valence-corrected chi connectivity index (χ2v) is 4.80. The molecule has 0 radical (unpaired) electrons. The second kappa shape index (κ2) is 5.50. The van der Waals surface area contributed by atoms with E-state index in [2.05, 4.69) is 5.32 Å². The Labute approximate surface area is 96.4 Å². The van der Waals surface area contributed by atoms with Crippen LogP contribution in [0.3, 0.4) is 0 Å². The van der Waals surface area contributed by atoms with Crippen molar-refractivity contribution in [3.63, 3.8) is 0 Å². The summed E-state index contributed by atoms with van der Waals surface area (Å²) in [7, 11) is 1.59. The molecule has 2 amide bonds. The Morgan fingerprint density at radius 1 is 1.44 bits per heavy atom. The number of carbonyl (C=O) groups excluding carboxylic acids is 2. The van der Waals surface area contributed by atoms with E-state index in [4.69, 9.17) is 5.26 Å². The van der Waals surface area contributed by atoms with Gasteiger partial charge < -0.3 is 10.2 Å². The molecule has 1 N–H and O–H groups in total.